The molecule has 6 heteroatoms. The number of nitrogens with one attached hydrogen (secondary N) is 1. The van der Waals surface area contributed by atoms with Gasteiger partial charge in [-0.1, -0.05) is 0 Å². The predicted molar refractivity (Wildman–Crippen MR) is 58.2 cm³/mol. The van der Waals surface area contributed by atoms with E-state index in [1.54, 1.807) is 4.52 Å². The van der Waals surface area contributed by atoms with E-state index in [0.717, 1.165) is 24.4 Å². The molecule has 0 radical (unpaired) electrons. The Morgan fingerprint density at radius 2 is 2.31 bits per heavy atom. The molecule has 16 heavy (non-hydrogen) atoms. The minimum absolute atomic E-state index is 0.160. The Hall–Kier alpha value is -1.69. The van der Waals surface area contributed by atoms with Crippen molar-refractivity contribution in [3.8, 4) is 0 Å². The SMILES string of the molecule is Cc1cc(NC2CC(O)C2)n2ncnc2n1. The van der Waals surface area contributed by atoms with E-state index in [0.29, 0.717) is 11.8 Å². The van der Waals surface area contributed by atoms with E-state index in [2.05, 4.69) is 20.4 Å². The molecule has 6 nitrogen and oxygen atoms in total. The van der Waals surface area contributed by atoms with E-state index in [1.165, 1.54) is 6.33 Å². The third-order valence-electron chi connectivity index (χ3n) is 2.85. The molecule has 0 amide bonds. The number of aliphatic hydroxyl groups excluding tert-OH is 1. The van der Waals surface area contributed by atoms with Crippen LogP contribution < -0.4 is 5.32 Å². The Bertz CT molecular complexity index is 517. The Morgan fingerprint density at radius 3 is 3.06 bits per heavy atom. The van der Waals surface area contributed by atoms with Crippen LogP contribution in [0.4, 0.5) is 5.82 Å². The van der Waals surface area contributed by atoms with E-state index in [4.69, 9.17) is 0 Å². The standard InChI is InChI=1S/C10H13N5O/c1-6-2-9(14-7-3-8(16)4-7)15-10(13-6)11-5-12-15/h2,5,7-8,14,16H,3-4H2,1H3. The van der Waals surface area contributed by atoms with Gasteiger partial charge in [0.25, 0.3) is 5.78 Å². The highest BCUT2D eigenvalue weighted by molar-refractivity contribution is 5.45. The predicted octanol–water partition coefficient (Wildman–Crippen LogP) is 0.368. The van der Waals surface area contributed by atoms with E-state index in [9.17, 15) is 5.11 Å². The molecule has 0 saturated heterocycles. The first-order chi connectivity index (χ1) is 7.72. The number of aliphatic hydroxyl groups is 1. The molecule has 1 aliphatic rings. The van der Waals surface area contributed by atoms with Gasteiger partial charge in [0.1, 0.15) is 12.1 Å². The number of hydrogen-bond donors (Lipinski definition) is 2. The number of rotatable bonds is 2. The zero-order chi connectivity index (χ0) is 11.1. The van der Waals surface area contributed by atoms with Crippen molar-refractivity contribution in [1.29, 1.82) is 0 Å². The zero-order valence-electron chi connectivity index (χ0n) is 8.96. The molecule has 2 aromatic heterocycles. The van der Waals surface area contributed by atoms with Crippen molar-refractivity contribution in [2.75, 3.05) is 5.32 Å². The van der Waals surface area contributed by atoms with Crippen LogP contribution >= 0.6 is 0 Å². The Labute approximate surface area is 92.3 Å². The molecule has 0 aliphatic heterocycles. The summed E-state index contributed by atoms with van der Waals surface area (Å²) in [5.41, 5.74) is 0.905. The van der Waals surface area contributed by atoms with Gasteiger partial charge in [-0.2, -0.15) is 14.6 Å². The van der Waals surface area contributed by atoms with Gasteiger partial charge in [-0.25, -0.2) is 4.98 Å². The summed E-state index contributed by atoms with van der Waals surface area (Å²) in [6, 6.07) is 2.26. The highest BCUT2D eigenvalue weighted by Crippen LogP contribution is 2.24. The maximum atomic E-state index is 9.24. The van der Waals surface area contributed by atoms with Crippen molar-refractivity contribution in [3.05, 3.63) is 18.1 Å². The molecule has 0 bridgehead atoms. The fourth-order valence-corrected chi connectivity index (χ4v) is 1.95. The van der Waals surface area contributed by atoms with Gasteiger partial charge >= 0.3 is 0 Å². The summed E-state index contributed by atoms with van der Waals surface area (Å²) in [6.07, 6.45) is 2.91. The Kier molecular flexibility index (Phi) is 2.03. The summed E-state index contributed by atoms with van der Waals surface area (Å²) in [5.74, 6) is 1.49. The van der Waals surface area contributed by atoms with Crippen molar-refractivity contribution in [3.63, 3.8) is 0 Å². The molecule has 0 aromatic carbocycles. The van der Waals surface area contributed by atoms with Gasteiger partial charge in [-0.05, 0) is 19.8 Å². The molecule has 3 rings (SSSR count). The molecule has 1 saturated carbocycles. The zero-order valence-corrected chi connectivity index (χ0v) is 8.96. The second-order valence-corrected chi connectivity index (χ2v) is 4.22. The van der Waals surface area contributed by atoms with Gasteiger partial charge in [-0.15, -0.1) is 0 Å². The minimum atomic E-state index is -0.160. The summed E-state index contributed by atoms with van der Waals surface area (Å²) >= 11 is 0. The maximum absolute atomic E-state index is 9.24. The Morgan fingerprint density at radius 1 is 1.50 bits per heavy atom. The number of anilines is 1. The van der Waals surface area contributed by atoms with E-state index in [1.807, 2.05) is 13.0 Å². The van der Waals surface area contributed by atoms with Crippen LogP contribution in [0.1, 0.15) is 18.5 Å². The Balaban J connectivity index is 1.92. The van der Waals surface area contributed by atoms with Crippen molar-refractivity contribution in [2.45, 2.75) is 31.9 Å². The molecule has 84 valence electrons. The molecule has 0 spiro atoms. The summed E-state index contributed by atoms with van der Waals surface area (Å²) in [5, 5.41) is 16.7. The average Bonchev–Trinajstić information content (AvgIpc) is 2.62. The van der Waals surface area contributed by atoms with Crippen LogP contribution in [0.2, 0.25) is 0 Å². The van der Waals surface area contributed by atoms with E-state index >= 15 is 0 Å². The quantitative estimate of drug-likeness (QED) is 0.763. The number of hydrogen-bond acceptors (Lipinski definition) is 5. The van der Waals surface area contributed by atoms with Crippen molar-refractivity contribution < 1.29 is 5.11 Å². The van der Waals surface area contributed by atoms with Gasteiger partial charge < -0.3 is 10.4 Å². The summed E-state index contributed by atoms with van der Waals surface area (Å²) in [7, 11) is 0. The first kappa shape index (κ1) is 9.53. The first-order valence-corrected chi connectivity index (χ1v) is 5.34. The highest BCUT2D eigenvalue weighted by Gasteiger charge is 2.27. The smallest absolute Gasteiger partial charge is 0.254 e. The van der Waals surface area contributed by atoms with Gasteiger partial charge in [0.15, 0.2) is 0 Å². The second kappa shape index (κ2) is 3.41. The van der Waals surface area contributed by atoms with Crippen LogP contribution in [0.3, 0.4) is 0 Å². The normalized spacial score (nSPS) is 24.4. The number of nitrogens with zero attached hydrogens (tertiary/aromatic N) is 4. The van der Waals surface area contributed by atoms with Crippen LogP contribution in [0.5, 0.6) is 0 Å². The first-order valence-electron chi connectivity index (χ1n) is 5.34. The molecular weight excluding hydrogens is 206 g/mol. The van der Waals surface area contributed by atoms with Gasteiger partial charge in [0, 0.05) is 17.8 Å². The van der Waals surface area contributed by atoms with Crippen LogP contribution in [-0.4, -0.2) is 36.8 Å². The maximum Gasteiger partial charge on any atom is 0.254 e. The topological polar surface area (TPSA) is 75.3 Å². The lowest BCUT2D eigenvalue weighted by molar-refractivity contribution is 0.0834. The molecule has 0 atom stereocenters. The largest absolute Gasteiger partial charge is 0.393 e. The fourth-order valence-electron chi connectivity index (χ4n) is 1.95. The van der Waals surface area contributed by atoms with Crippen LogP contribution in [-0.2, 0) is 0 Å². The van der Waals surface area contributed by atoms with Crippen molar-refractivity contribution in [1.82, 2.24) is 19.6 Å². The van der Waals surface area contributed by atoms with E-state index < -0.39 is 0 Å². The van der Waals surface area contributed by atoms with Crippen LogP contribution in [0.25, 0.3) is 5.78 Å². The van der Waals surface area contributed by atoms with Crippen molar-refractivity contribution in [2.24, 2.45) is 0 Å². The minimum Gasteiger partial charge on any atom is -0.393 e. The van der Waals surface area contributed by atoms with Gasteiger partial charge in [-0.3, -0.25) is 0 Å². The monoisotopic (exact) mass is 219 g/mol. The second-order valence-electron chi connectivity index (χ2n) is 4.22. The molecule has 1 aliphatic carbocycles. The highest BCUT2D eigenvalue weighted by atomic mass is 16.3. The molecule has 2 aromatic rings. The molecular formula is C10H13N5O. The van der Waals surface area contributed by atoms with Gasteiger partial charge in [0.2, 0.25) is 0 Å². The number of fused-ring (bicyclic) bond motifs is 1. The number of aromatic nitrogens is 4. The third-order valence-corrected chi connectivity index (χ3v) is 2.85. The lowest BCUT2D eigenvalue weighted by atomic mass is 9.89. The van der Waals surface area contributed by atoms with E-state index in [-0.39, 0.29) is 6.10 Å². The van der Waals surface area contributed by atoms with Gasteiger partial charge in [0.05, 0.1) is 6.10 Å². The molecule has 2 heterocycles. The average molecular weight is 219 g/mol. The van der Waals surface area contributed by atoms with Crippen molar-refractivity contribution >= 4 is 11.6 Å². The summed E-state index contributed by atoms with van der Waals surface area (Å²) < 4.78 is 1.68. The lowest BCUT2D eigenvalue weighted by Gasteiger charge is -2.32. The summed E-state index contributed by atoms with van der Waals surface area (Å²) in [4.78, 5) is 8.32. The molecule has 1 fully saturated rings. The lowest BCUT2D eigenvalue weighted by Crippen LogP contribution is -2.39. The third kappa shape index (κ3) is 1.51. The van der Waals surface area contributed by atoms with Crippen LogP contribution in [0, 0.1) is 6.92 Å². The number of aryl methyl sites for hydroxylation is 1. The molecule has 2 N–H and O–H groups in total. The molecule has 0 unspecified atom stereocenters. The van der Waals surface area contributed by atoms with Crippen LogP contribution in [0.15, 0.2) is 12.4 Å². The fraction of sp³-hybridized carbons (Fsp3) is 0.500. The summed E-state index contributed by atoms with van der Waals surface area (Å²) in [6.45, 7) is 1.93.